The standard InChI is InChI=1S/C16H32N2O/c1-5-9-17-15(6-2)8-7-10-18-12-14(13(3)4)11-16(18)19/h13-15,17H,5-12H2,1-4H3. The molecule has 1 heterocycles. The number of hydrogen-bond acceptors (Lipinski definition) is 2. The third-order valence-corrected chi connectivity index (χ3v) is 4.34. The Hall–Kier alpha value is -0.570. The minimum atomic E-state index is 0.369. The van der Waals surface area contributed by atoms with Gasteiger partial charge in [-0.25, -0.2) is 0 Å². The quantitative estimate of drug-likeness (QED) is 0.697. The highest BCUT2D eigenvalue weighted by Gasteiger charge is 2.30. The number of amides is 1. The molecule has 0 saturated carbocycles. The maximum absolute atomic E-state index is 11.9. The lowest BCUT2D eigenvalue weighted by Gasteiger charge is -2.20. The van der Waals surface area contributed by atoms with Crippen LogP contribution in [0.4, 0.5) is 0 Å². The molecule has 2 atom stereocenters. The van der Waals surface area contributed by atoms with Gasteiger partial charge in [-0.2, -0.15) is 0 Å². The summed E-state index contributed by atoms with van der Waals surface area (Å²) >= 11 is 0. The van der Waals surface area contributed by atoms with E-state index >= 15 is 0 Å². The summed E-state index contributed by atoms with van der Waals surface area (Å²) in [6.07, 6.45) is 5.46. The largest absolute Gasteiger partial charge is 0.342 e. The molecule has 0 aliphatic carbocycles. The monoisotopic (exact) mass is 268 g/mol. The fraction of sp³-hybridized carbons (Fsp3) is 0.938. The van der Waals surface area contributed by atoms with Crippen LogP contribution in [0.3, 0.4) is 0 Å². The molecule has 1 aliphatic heterocycles. The Bertz CT molecular complexity index is 265. The Labute approximate surface area is 119 Å². The van der Waals surface area contributed by atoms with Crippen molar-refractivity contribution in [1.82, 2.24) is 10.2 Å². The third-order valence-electron chi connectivity index (χ3n) is 4.34. The molecule has 0 aromatic heterocycles. The predicted molar refractivity (Wildman–Crippen MR) is 81.1 cm³/mol. The average molecular weight is 268 g/mol. The number of nitrogens with zero attached hydrogens (tertiary/aromatic N) is 1. The molecule has 0 aromatic rings. The van der Waals surface area contributed by atoms with Gasteiger partial charge in [0.25, 0.3) is 0 Å². The predicted octanol–water partition coefficient (Wildman–Crippen LogP) is 3.05. The highest BCUT2D eigenvalue weighted by Crippen LogP contribution is 2.24. The molecule has 0 bridgehead atoms. The maximum atomic E-state index is 11.9. The van der Waals surface area contributed by atoms with Crippen LogP contribution in [0, 0.1) is 11.8 Å². The molecule has 1 amide bonds. The second-order valence-electron chi connectivity index (χ2n) is 6.25. The first-order chi connectivity index (χ1) is 9.08. The summed E-state index contributed by atoms with van der Waals surface area (Å²) in [6.45, 7) is 11.9. The van der Waals surface area contributed by atoms with Crippen molar-refractivity contribution >= 4 is 5.91 Å². The van der Waals surface area contributed by atoms with Gasteiger partial charge in [0.2, 0.25) is 5.91 Å². The lowest BCUT2D eigenvalue weighted by Crippen LogP contribution is -2.31. The zero-order chi connectivity index (χ0) is 14.3. The van der Waals surface area contributed by atoms with Gasteiger partial charge in [0.15, 0.2) is 0 Å². The molecule has 1 aliphatic rings. The molecule has 3 nitrogen and oxygen atoms in total. The summed E-state index contributed by atoms with van der Waals surface area (Å²) in [5.74, 6) is 1.57. The van der Waals surface area contributed by atoms with Crippen molar-refractivity contribution in [3.8, 4) is 0 Å². The van der Waals surface area contributed by atoms with E-state index in [2.05, 4.69) is 37.9 Å². The zero-order valence-electron chi connectivity index (χ0n) is 13.2. The zero-order valence-corrected chi connectivity index (χ0v) is 13.2. The van der Waals surface area contributed by atoms with Gasteiger partial charge in [-0.1, -0.05) is 27.7 Å². The van der Waals surface area contributed by atoms with E-state index in [9.17, 15) is 4.79 Å². The molecule has 3 heteroatoms. The minimum absolute atomic E-state index is 0.369. The number of rotatable bonds is 9. The van der Waals surface area contributed by atoms with Gasteiger partial charge in [-0.3, -0.25) is 4.79 Å². The summed E-state index contributed by atoms with van der Waals surface area (Å²) < 4.78 is 0. The topological polar surface area (TPSA) is 32.3 Å². The van der Waals surface area contributed by atoms with E-state index in [1.165, 1.54) is 19.3 Å². The van der Waals surface area contributed by atoms with E-state index in [1.807, 2.05) is 0 Å². The number of carbonyl (C=O) groups excluding carboxylic acids is 1. The number of likely N-dealkylation sites (tertiary alicyclic amines) is 1. The minimum Gasteiger partial charge on any atom is -0.342 e. The van der Waals surface area contributed by atoms with Crippen molar-refractivity contribution in [3.05, 3.63) is 0 Å². The van der Waals surface area contributed by atoms with Crippen LogP contribution in [-0.2, 0) is 4.79 Å². The summed E-state index contributed by atoms with van der Waals surface area (Å²) in [5.41, 5.74) is 0. The molecule has 1 fully saturated rings. The van der Waals surface area contributed by atoms with Gasteiger partial charge >= 0.3 is 0 Å². The summed E-state index contributed by atoms with van der Waals surface area (Å²) in [7, 11) is 0. The number of carbonyl (C=O) groups is 1. The molecule has 1 saturated heterocycles. The van der Waals surface area contributed by atoms with Gasteiger partial charge in [-0.15, -0.1) is 0 Å². The van der Waals surface area contributed by atoms with E-state index in [1.54, 1.807) is 0 Å². The lowest BCUT2D eigenvalue weighted by atomic mass is 9.95. The van der Waals surface area contributed by atoms with Crippen molar-refractivity contribution in [2.45, 2.75) is 65.8 Å². The van der Waals surface area contributed by atoms with Gasteiger partial charge in [0.1, 0.15) is 0 Å². The van der Waals surface area contributed by atoms with Crippen molar-refractivity contribution < 1.29 is 4.79 Å². The second-order valence-corrected chi connectivity index (χ2v) is 6.25. The molecule has 0 aromatic carbocycles. The highest BCUT2D eigenvalue weighted by molar-refractivity contribution is 5.78. The fourth-order valence-corrected chi connectivity index (χ4v) is 2.79. The van der Waals surface area contributed by atoms with E-state index in [0.29, 0.717) is 23.8 Å². The first-order valence-corrected chi connectivity index (χ1v) is 8.09. The van der Waals surface area contributed by atoms with E-state index in [-0.39, 0.29) is 0 Å². The molecule has 19 heavy (non-hydrogen) atoms. The number of nitrogens with one attached hydrogen (secondary N) is 1. The summed E-state index contributed by atoms with van der Waals surface area (Å²) in [6, 6.07) is 0.624. The van der Waals surface area contributed by atoms with Crippen LogP contribution in [0.2, 0.25) is 0 Å². The Kier molecular flexibility index (Phi) is 7.44. The normalized spacial score (nSPS) is 21.4. The van der Waals surface area contributed by atoms with Crippen LogP contribution in [0.1, 0.15) is 59.8 Å². The lowest BCUT2D eigenvalue weighted by molar-refractivity contribution is -0.127. The molecular weight excluding hydrogens is 236 g/mol. The molecular formula is C16H32N2O. The van der Waals surface area contributed by atoms with Crippen LogP contribution < -0.4 is 5.32 Å². The van der Waals surface area contributed by atoms with Crippen LogP contribution in [0.5, 0.6) is 0 Å². The SMILES string of the molecule is CCCNC(CC)CCCN1CC(C(C)C)CC1=O. The van der Waals surface area contributed by atoms with Crippen LogP contribution in [0.25, 0.3) is 0 Å². The van der Waals surface area contributed by atoms with Crippen molar-refractivity contribution in [3.63, 3.8) is 0 Å². The highest BCUT2D eigenvalue weighted by atomic mass is 16.2. The van der Waals surface area contributed by atoms with Crippen LogP contribution in [-0.4, -0.2) is 36.5 Å². The molecule has 1 rings (SSSR count). The van der Waals surface area contributed by atoms with E-state index < -0.39 is 0 Å². The fourth-order valence-electron chi connectivity index (χ4n) is 2.79. The Morgan fingerprint density at radius 3 is 2.63 bits per heavy atom. The summed E-state index contributed by atoms with van der Waals surface area (Å²) in [5, 5.41) is 3.58. The van der Waals surface area contributed by atoms with Crippen LogP contribution in [0.15, 0.2) is 0 Å². The third kappa shape index (κ3) is 5.52. The molecule has 0 radical (unpaired) electrons. The van der Waals surface area contributed by atoms with E-state index in [4.69, 9.17) is 0 Å². The number of hydrogen-bond donors (Lipinski definition) is 1. The molecule has 2 unspecified atom stereocenters. The summed E-state index contributed by atoms with van der Waals surface area (Å²) in [4.78, 5) is 14.0. The van der Waals surface area contributed by atoms with E-state index in [0.717, 1.165) is 32.5 Å². The Balaban J connectivity index is 2.23. The van der Waals surface area contributed by atoms with Crippen molar-refractivity contribution in [1.29, 1.82) is 0 Å². The van der Waals surface area contributed by atoms with Crippen molar-refractivity contribution in [2.24, 2.45) is 11.8 Å². The maximum Gasteiger partial charge on any atom is 0.222 e. The van der Waals surface area contributed by atoms with Gasteiger partial charge in [-0.05, 0) is 44.1 Å². The molecule has 1 N–H and O–H groups in total. The van der Waals surface area contributed by atoms with Gasteiger partial charge < -0.3 is 10.2 Å². The Morgan fingerprint density at radius 2 is 2.11 bits per heavy atom. The van der Waals surface area contributed by atoms with Gasteiger partial charge in [0.05, 0.1) is 0 Å². The first kappa shape index (κ1) is 16.5. The van der Waals surface area contributed by atoms with Gasteiger partial charge in [0, 0.05) is 25.6 Å². The van der Waals surface area contributed by atoms with Crippen LogP contribution >= 0.6 is 0 Å². The molecule has 0 spiro atoms. The second kappa shape index (κ2) is 8.57. The van der Waals surface area contributed by atoms with Crippen molar-refractivity contribution in [2.75, 3.05) is 19.6 Å². The smallest absolute Gasteiger partial charge is 0.222 e. The average Bonchev–Trinajstić information content (AvgIpc) is 2.75. The first-order valence-electron chi connectivity index (χ1n) is 8.09. The Morgan fingerprint density at radius 1 is 1.37 bits per heavy atom. The molecule has 112 valence electrons.